The van der Waals surface area contributed by atoms with Crippen LogP contribution in [-0.4, -0.2) is 32.8 Å². The first kappa shape index (κ1) is 13.9. The number of furan rings is 1. The van der Waals surface area contributed by atoms with Gasteiger partial charge in [-0.1, -0.05) is 6.42 Å². The van der Waals surface area contributed by atoms with Crippen LogP contribution in [0.4, 0.5) is 0 Å². The van der Waals surface area contributed by atoms with Gasteiger partial charge in [0.25, 0.3) is 0 Å². The fraction of sp³-hybridized carbons (Fsp3) is 0.643. The normalized spacial score (nSPS) is 23.6. The van der Waals surface area contributed by atoms with Crippen LogP contribution in [0.1, 0.15) is 25.0 Å². The van der Waals surface area contributed by atoms with Crippen LogP contribution in [-0.2, 0) is 11.3 Å². The second kappa shape index (κ2) is 7.19. The smallest absolute Gasteiger partial charge is 0.191 e. The number of hydrogen-bond acceptors (Lipinski definition) is 3. The Labute approximate surface area is 114 Å². The molecule has 0 aliphatic heterocycles. The summed E-state index contributed by atoms with van der Waals surface area (Å²) >= 11 is 0. The lowest BCUT2D eigenvalue weighted by molar-refractivity contribution is 0.0725. The Bertz CT molecular complexity index is 389. The van der Waals surface area contributed by atoms with Crippen molar-refractivity contribution < 1.29 is 9.15 Å². The predicted molar refractivity (Wildman–Crippen MR) is 75.0 cm³/mol. The molecule has 1 aromatic rings. The van der Waals surface area contributed by atoms with E-state index in [0.29, 0.717) is 18.6 Å². The minimum Gasteiger partial charge on any atom is -0.467 e. The number of aliphatic imine (C=N–C) groups is 1. The van der Waals surface area contributed by atoms with E-state index in [4.69, 9.17) is 9.15 Å². The Morgan fingerprint density at radius 3 is 3.05 bits per heavy atom. The zero-order valence-electron chi connectivity index (χ0n) is 11.7. The molecule has 1 fully saturated rings. The van der Waals surface area contributed by atoms with Gasteiger partial charge in [-0.25, -0.2) is 0 Å². The molecule has 1 saturated carbocycles. The average molecular weight is 265 g/mol. The number of rotatable bonds is 5. The van der Waals surface area contributed by atoms with Crippen LogP contribution in [0.5, 0.6) is 0 Å². The summed E-state index contributed by atoms with van der Waals surface area (Å²) < 4.78 is 10.8. The third kappa shape index (κ3) is 3.99. The van der Waals surface area contributed by atoms with Gasteiger partial charge in [0.05, 0.1) is 18.9 Å². The molecule has 0 bridgehead atoms. The van der Waals surface area contributed by atoms with E-state index in [-0.39, 0.29) is 0 Å². The van der Waals surface area contributed by atoms with Crippen molar-refractivity contribution in [3.8, 4) is 0 Å². The van der Waals surface area contributed by atoms with E-state index in [1.807, 2.05) is 12.1 Å². The van der Waals surface area contributed by atoms with Crippen LogP contribution in [0, 0.1) is 5.92 Å². The highest BCUT2D eigenvalue weighted by Gasteiger charge is 2.26. The van der Waals surface area contributed by atoms with Gasteiger partial charge in [0.15, 0.2) is 5.96 Å². The molecule has 1 heterocycles. The van der Waals surface area contributed by atoms with Gasteiger partial charge in [-0.15, -0.1) is 0 Å². The monoisotopic (exact) mass is 265 g/mol. The summed E-state index contributed by atoms with van der Waals surface area (Å²) in [6, 6.07) is 3.83. The zero-order valence-corrected chi connectivity index (χ0v) is 11.7. The molecule has 0 spiro atoms. The maximum Gasteiger partial charge on any atom is 0.191 e. The standard InChI is InChI=1S/C14H23N3O2/c1-15-14(17-10-12-6-4-8-19-12)16-9-11-5-3-7-13(11)18-2/h4,6,8,11,13H,3,5,7,9-10H2,1-2H3,(H2,15,16,17)/t11-,13-/m0/s1. The topological polar surface area (TPSA) is 58.8 Å². The average Bonchev–Trinajstić information content (AvgIpc) is 3.09. The molecule has 0 unspecified atom stereocenters. The minimum atomic E-state index is 0.385. The highest BCUT2D eigenvalue weighted by molar-refractivity contribution is 5.79. The van der Waals surface area contributed by atoms with Crippen LogP contribution < -0.4 is 10.6 Å². The van der Waals surface area contributed by atoms with Gasteiger partial charge >= 0.3 is 0 Å². The van der Waals surface area contributed by atoms with E-state index < -0.39 is 0 Å². The second-order valence-corrected chi connectivity index (χ2v) is 4.85. The lowest BCUT2D eigenvalue weighted by Gasteiger charge is -2.20. The summed E-state index contributed by atoms with van der Waals surface area (Å²) in [5.41, 5.74) is 0. The summed E-state index contributed by atoms with van der Waals surface area (Å²) in [7, 11) is 3.58. The molecule has 1 aliphatic carbocycles. The molecule has 2 atom stereocenters. The summed E-state index contributed by atoms with van der Waals surface area (Å²) in [5, 5.41) is 6.59. The summed E-state index contributed by atoms with van der Waals surface area (Å²) in [5.74, 6) is 2.28. The van der Waals surface area contributed by atoms with E-state index in [1.165, 1.54) is 19.3 Å². The SMILES string of the molecule is CN=C(NCc1ccco1)NC[C@@H]1CCC[C@@H]1OC. The Morgan fingerprint density at radius 1 is 1.47 bits per heavy atom. The van der Waals surface area contributed by atoms with Gasteiger partial charge in [-0.2, -0.15) is 0 Å². The van der Waals surface area contributed by atoms with Crippen molar-refractivity contribution in [3.05, 3.63) is 24.2 Å². The highest BCUT2D eigenvalue weighted by atomic mass is 16.5. The molecule has 5 nitrogen and oxygen atoms in total. The number of methoxy groups -OCH3 is 1. The maximum atomic E-state index is 5.49. The molecule has 106 valence electrons. The molecule has 0 aromatic carbocycles. The van der Waals surface area contributed by atoms with Crippen molar-refractivity contribution in [1.29, 1.82) is 0 Å². The third-order valence-electron chi connectivity index (χ3n) is 3.66. The number of guanidine groups is 1. The Balaban J connectivity index is 1.73. The molecule has 5 heteroatoms. The fourth-order valence-corrected chi connectivity index (χ4v) is 2.58. The van der Waals surface area contributed by atoms with E-state index in [2.05, 4.69) is 15.6 Å². The van der Waals surface area contributed by atoms with Gasteiger partial charge in [0.1, 0.15) is 5.76 Å². The molecular formula is C14H23N3O2. The zero-order chi connectivity index (χ0) is 13.5. The Kier molecular flexibility index (Phi) is 5.27. The maximum absolute atomic E-state index is 5.49. The third-order valence-corrected chi connectivity index (χ3v) is 3.66. The largest absolute Gasteiger partial charge is 0.467 e. The molecule has 0 saturated heterocycles. The molecule has 2 rings (SSSR count). The number of ether oxygens (including phenoxy) is 1. The first-order valence-corrected chi connectivity index (χ1v) is 6.83. The van der Waals surface area contributed by atoms with Crippen LogP contribution in [0.15, 0.2) is 27.8 Å². The first-order valence-electron chi connectivity index (χ1n) is 6.83. The second-order valence-electron chi connectivity index (χ2n) is 4.85. The van der Waals surface area contributed by atoms with Crippen LogP contribution >= 0.6 is 0 Å². The van der Waals surface area contributed by atoms with Crippen LogP contribution in [0.2, 0.25) is 0 Å². The molecular weight excluding hydrogens is 242 g/mol. The van der Waals surface area contributed by atoms with Gasteiger partial charge in [0, 0.05) is 26.6 Å². The van der Waals surface area contributed by atoms with Crippen molar-refractivity contribution in [3.63, 3.8) is 0 Å². The number of nitrogens with zero attached hydrogens (tertiary/aromatic N) is 1. The molecule has 1 aliphatic rings. The van der Waals surface area contributed by atoms with E-state index in [1.54, 1.807) is 20.4 Å². The molecule has 2 N–H and O–H groups in total. The van der Waals surface area contributed by atoms with E-state index in [0.717, 1.165) is 18.3 Å². The van der Waals surface area contributed by atoms with E-state index in [9.17, 15) is 0 Å². The minimum absolute atomic E-state index is 0.385. The van der Waals surface area contributed by atoms with Gasteiger partial charge in [0.2, 0.25) is 0 Å². The van der Waals surface area contributed by atoms with Gasteiger partial charge < -0.3 is 19.8 Å². The molecule has 19 heavy (non-hydrogen) atoms. The van der Waals surface area contributed by atoms with Crippen molar-refractivity contribution >= 4 is 5.96 Å². The fourth-order valence-electron chi connectivity index (χ4n) is 2.58. The summed E-state index contributed by atoms with van der Waals surface area (Å²) in [4.78, 5) is 4.21. The van der Waals surface area contributed by atoms with Gasteiger partial charge in [-0.05, 0) is 25.0 Å². The quantitative estimate of drug-likeness (QED) is 0.629. The van der Waals surface area contributed by atoms with Crippen LogP contribution in [0.3, 0.4) is 0 Å². The van der Waals surface area contributed by atoms with Crippen molar-refractivity contribution in [1.82, 2.24) is 10.6 Å². The number of nitrogens with one attached hydrogen (secondary N) is 2. The lowest BCUT2D eigenvalue weighted by atomic mass is 10.1. The summed E-state index contributed by atoms with van der Waals surface area (Å²) in [6.07, 6.45) is 5.70. The Morgan fingerprint density at radius 2 is 2.37 bits per heavy atom. The van der Waals surface area contributed by atoms with Crippen LogP contribution in [0.25, 0.3) is 0 Å². The Hall–Kier alpha value is -1.49. The summed E-state index contributed by atoms with van der Waals surface area (Å²) in [6.45, 7) is 1.54. The first-order chi connectivity index (χ1) is 9.33. The predicted octanol–water partition coefficient (Wildman–Crippen LogP) is 1.76. The number of hydrogen-bond donors (Lipinski definition) is 2. The van der Waals surface area contributed by atoms with Crippen molar-refractivity contribution in [2.24, 2.45) is 10.9 Å². The molecule has 0 amide bonds. The molecule has 1 aromatic heterocycles. The lowest BCUT2D eigenvalue weighted by Crippen LogP contribution is -2.40. The van der Waals surface area contributed by atoms with E-state index >= 15 is 0 Å². The highest BCUT2D eigenvalue weighted by Crippen LogP contribution is 2.26. The molecule has 0 radical (unpaired) electrons. The van der Waals surface area contributed by atoms with Crippen molar-refractivity contribution in [2.45, 2.75) is 31.9 Å². The van der Waals surface area contributed by atoms with Gasteiger partial charge in [-0.3, -0.25) is 4.99 Å². The van der Waals surface area contributed by atoms with Crippen molar-refractivity contribution in [2.75, 3.05) is 20.7 Å².